The first-order valence-electron chi connectivity index (χ1n) is 12.9. The first kappa shape index (κ1) is 23.3. The fourth-order valence-electron chi connectivity index (χ4n) is 6.89. The van der Waals surface area contributed by atoms with Crippen LogP contribution in [0.15, 0.2) is 102 Å². The summed E-state index contributed by atoms with van der Waals surface area (Å²) in [6, 6.07) is 29.9. The fourth-order valence-corrected chi connectivity index (χ4v) is 6.89. The molecule has 1 aliphatic heterocycles. The van der Waals surface area contributed by atoms with Gasteiger partial charge in [0.1, 0.15) is 0 Å². The molecule has 39 heavy (non-hydrogen) atoms. The van der Waals surface area contributed by atoms with Crippen LogP contribution in [-0.2, 0) is 15.0 Å². The van der Waals surface area contributed by atoms with E-state index in [1.165, 1.54) is 17.0 Å². The quantitative estimate of drug-likeness (QED) is 0.283. The maximum atomic E-state index is 14.4. The molecule has 2 atom stereocenters. The van der Waals surface area contributed by atoms with Gasteiger partial charge in [0, 0.05) is 12.1 Å². The molecule has 6 nitrogen and oxygen atoms in total. The minimum Gasteiger partial charge on any atom is -0.478 e. The number of imide groups is 1. The summed E-state index contributed by atoms with van der Waals surface area (Å²) >= 11 is 0. The van der Waals surface area contributed by atoms with Crippen molar-refractivity contribution < 1.29 is 19.5 Å². The third kappa shape index (κ3) is 3.15. The number of benzene rings is 4. The van der Waals surface area contributed by atoms with Crippen LogP contribution in [0.1, 0.15) is 44.1 Å². The number of amides is 2. The molecule has 3 aliphatic carbocycles. The van der Waals surface area contributed by atoms with Crippen molar-refractivity contribution in [2.24, 2.45) is 16.8 Å². The van der Waals surface area contributed by atoms with Crippen molar-refractivity contribution in [1.29, 1.82) is 0 Å². The van der Waals surface area contributed by atoms with Gasteiger partial charge in [0.2, 0.25) is 11.8 Å². The number of aryl methyl sites for hydroxylation is 1. The number of hydrogen-bond donors (Lipinski definition) is 1. The van der Waals surface area contributed by atoms with Crippen molar-refractivity contribution in [3.63, 3.8) is 0 Å². The van der Waals surface area contributed by atoms with E-state index in [0.717, 1.165) is 27.8 Å². The van der Waals surface area contributed by atoms with Gasteiger partial charge in [-0.1, -0.05) is 72.3 Å². The van der Waals surface area contributed by atoms with Gasteiger partial charge < -0.3 is 5.11 Å². The Kier molecular flexibility index (Phi) is 4.98. The molecular formula is C33H24N2O4. The Balaban J connectivity index is 1.48. The topological polar surface area (TPSA) is 87.0 Å². The van der Waals surface area contributed by atoms with Crippen molar-refractivity contribution in [3.8, 4) is 0 Å². The molecule has 8 rings (SSSR count). The zero-order chi connectivity index (χ0) is 26.9. The average molecular weight is 513 g/mol. The van der Waals surface area contributed by atoms with Gasteiger partial charge in [0.05, 0.1) is 34.2 Å². The second-order valence-electron chi connectivity index (χ2n) is 10.5. The second kappa shape index (κ2) is 8.33. The van der Waals surface area contributed by atoms with Crippen LogP contribution in [0.4, 0.5) is 11.4 Å². The van der Waals surface area contributed by atoms with Crippen LogP contribution in [0.2, 0.25) is 0 Å². The first-order valence-corrected chi connectivity index (χ1v) is 12.9. The van der Waals surface area contributed by atoms with Crippen LogP contribution in [0, 0.1) is 18.8 Å². The number of rotatable bonds is 4. The maximum Gasteiger partial charge on any atom is 0.335 e. The number of carbonyl (C=O) groups excluding carboxylic acids is 2. The van der Waals surface area contributed by atoms with E-state index in [4.69, 9.17) is 4.99 Å². The molecule has 4 aromatic carbocycles. The van der Waals surface area contributed by atoms with Gasteiger partial charge in [-0.3, -0.25) is 14.6 Å². The van der Waals surface area contributed by atoms with Crippen LogP contribution >= 0.6 is 0 Å². The van der Waals surface area contributed by atoms with E-state index in [1.54, 1.807) is 18.3 Å². The Morgan fingerprint density at radius 1 is 0.846 bits per heavy atom. The van der Waals surface area contributed by atoms with Gasteiger partial charge in [0.25, 0.3) is 0 Å². The molecule has 6 heteroatoms. The molecule has 2 amide bonds. The lowest BCUT2D eigenvalue weighted by atomic mass is 9.47. The minimum absolute atomic E-state index is 0.130. The van der Waals surface area contributed by atoms with Crippen molar-refractivity contribution in [1.82, 2.24) is 0 Å². The molecule has 4 aliphatic rings. The standard InChI is InChI=1S/C33H24N2O4/c1-19-13-15-22(16-14-19)35-30(36)28-27-23-9-2-4-11-25(23)33(29(28)31(35)37,26-12-5-3-10-24(26)27)18-34-21-8-6-7-20(17-21)32(38)39/h2-18,27-29H,1H3,(H,38,39)/t27?,28-,29+,33?/m1/s1. The summed E-state index contributed by atoms with van der Waals surface area (Å²) in [6.45, 7) is 1.97. The minimum atomic E-state index is -1.04. The fraction of sp³-hybridized carbons (Fsp3) is 0.152. The SMILES string of the molecule is Cc1ccc(N2C(=O)[C@@H]3C4c5ccccc5C(C=Nc5cccc(C(=O)O)c5)(c5ccccc54)[C@@H]3C2=O)cc1. The number of nitrogens with zero attached hydrogens (tertiary/aromatic N) is 2. The second-order valence-corrected chi connectivity index (χ2v) is 10.5. The van der Waals surface area contributed by atoms with Gasteiger partial charge in [-0.25, -0.2) is 9.69 Å². The molecule has 1 saturated heterocycles. The number of hydrogen-bond acceptors (Lipinski definition) is 4. The molecule has 0 unspecified atom stereocenters. The van der Waals surface area contributed by atoms with E-state index in [9.17, 15) is 19.5 Å². The van der Waals surface area contributed by atoms with Crippen LogP contribution in [0.3, 0.4) is 0 Å². The third-order valence-electron chi connectivity index (χ3n) is 8.49. The zero-order valence-electron chi connectivity index (χ0n) is 21.1. The molecule has 1 N–H and O–H groups in total. The highest BCUT2D eigenvalue weighted by Crippen LogP contribution is 2.63. The highest BCUT2D eigenvalue weighted by Gasteiger charge is 2.67. The molecule has 1 heterocycles. The van der Waals surface area contributed by atoms with Gasteiger partial charge in [-0.2, -0.15) is 0 Å². The number of carboxylic acids is 1. The molecule has 1 fully saturated rings. The molecule has 4 aromatic rings. The van der Waals surface area contributed by atoms with Gasteiger partial charge in [0.15, 0.2) is 0 Å². The Morgan fingerprint density at radius 3 is 2.13 bits per heavy atom. The lowest BCUT2D eigenvalue weighted by Gasteiger charge is -2.52. The summed E-state index contributed by atoms with van der Waals surface area (Å²) < 4.78 is 0. The van der Waals surface area contributed by atoms with Crippen LogP contribution in [-0.4, -0.2) is 29.1 Å². The third-order valence-corrected chi connectivity index (χ3v) is 8.49. The average Bonchev–Trinajstić information content (AvgIpc) is 3.23. The van der Waals surface area contributed by atoms with Crippen molar-refractivity contribution in [2.45, 2.75) is 18.3 Å². The maximum absolute atomic E-state index is 14.4. The number of carbonyl (C=O) groups is 3. The first-order chi connectivity index (χ1) is 18.9. The Hall–Kier alpha value is -4.84. The molecule has 0 spiro atoms. The van der Waals surface area contributed by atoms with Crippen LogP contribution in [0.5, 0.6) is 0 Å². The number of carboxylic acid groups (broad SMARTS) is 1. The summed E-state index contributed by atoms with van der Waals surface area (Å²) in [5, 5.41) is 9.49. The summed E-state index contributed by atoms with van der Waals surface area (Å²) in [4.78, 5) is 46.3. The normalized spacial score (nSPS) is 24.5. The zero-order valence-corrected chi connectivity index (χ0v) is 21.1. The van der Waals surface area contributed by atoms with Gasteiger partial charge in [-0.05, 0) is 59.5 Å². The summed E-state index contributed by atoms with van der Waals surface area (Å²) in [5.74, 6) is -3.00. The largest absolute Gasteiger partial charge is 0.478 e. The Labute approximate surface area is 225 Å². The number of aliphatic imine (C=N–C) groups is 1. The van der Waals surface area contributed by atoms with Crippen molar-refractivity contribution in [3.05, 3.63) is 130 Å². The van der Waals surface area contributed by atoms with E-state index < -0.39 is 23.2 Å². The van der Waals surface area contributed by atoms with E-state index in [0.29, 0.717) is 11.4 Å². The monoisotopic (exact) mass is 512 g/mol. The van der Waals surface area contributed by atoms with E-state index in [1.807, 2.05) is 79.7 Å². The summed E-state index contributed by atoms with van der Waals surface area (Å²) in [6.07, 6.45) is 1.78. The van der Waals surface area contributed by atoms with E-state index in [-0.39, 0.29) is 23.3 Å². The van der Waals surface area contributed by atoms with Crippen molar-refractivity contribution >= 4 is 35.4 Å². The highest BCUT2D eigenvalue weighted by atomic mass is 16.4. The molecule has 0 aromatic heterocycles. The van der Waals surface area contributed by atoms with Crippen LogP contribution in [0.25, 0.3) is 0 Å². The van der Waals surface area contributed by atoms with E-state index in [2.05, 4.69) is 0 Å². The smallest absolute Gasteiger partial charge is 0.335 e. The summed E-state index contributed by atoms with van der Waals surface area (Å²) in [5.41, 5.74) is 5.17. The highest BCUT2D eigenvalue weighted by molar-refractivity contribution is 6.25. The molecule has 190 valence electrons. The predicted molar refractivity (Wildman–Crippen MR) is 148 cm³/mol. The lowest BCUT2D eigenvalue weighted by molar-refractivity contribution is -0.122. The molecule has 0 radical (unpaired) electrons. The summed E-state index contributed by atoms with van der Waals surface area (Å²) in [7, 11) is 0. The van der Waals surface area contributed by atoms with Crippen LogP contribution < -0.4 is 4.90 Å². The van der Waals surface area contributed by atoms with Gasteiger partial charge in [-0.15, -0.1) is 0 Å². The molecular weight excluding hydrogens is 488 g/mol. The number of anilines is 1. The molecule has 2 bridgehead atoms. The lowest BCUT2D eigenvalue weighted by Crippen LogP contribution is -2.54. The van der Waals surface area contributed by atoms with E-state index >= 15 is 0 Å². The van der Waals surface area contributed by atoms with Crippen molar-refractivity contribution in [2.75, 3.05) is 4.90 Å². The number of aromatic carboxylic acids is 1. The Morgan fingerprint density at radius 2 is 1.49 bits per heavy atom. The predicted octanol–water partition coefficient (Wildman–Crippen LogP) is 5.65. The Bertz CT molecular complexity index is 1670. The molecule has 0 saturated carbocycles. The van der Waals surface area contributed by atoms with Gasteiger partial charge >= 0.3 is 5.97 Å².